The van der Waals surface area contributed by atoms with E-state index in [9.17, 15) is 4.79 Å². The Labute approximate surface area is 101 Å². The minimum absolute atomic E-state index is 0.0163. The van der Waals surface area contributed by atoms with E-state index in [2.05, 4.69) is 19.2 Å². The summed E-state index contributed by atoms with van der Waals surface area (Å²) >= 11 is 0. The van der Waals surface area contributed by atoms with Crippen molar-refractivity contribution in [3.05, 3.63) is 23.8 Å². The Balaban J connectivity index is 1.99. The Morgan fingerprint density at radius 2 is 2.24 bits per heavy atom. The molecule has 2 rings (SSSR count). The second-order valence-corrected chi connectivity index (χ2v) is 4.53. The van der Waals surface area contributed by atoms with Crippen molar-refractivity contribution in [1.29, 1.82) is 0 Å². The molecule has 1 aliphatic heterocycles. The lowest BCUT2D eigenvalue weighted by Crippen LogP contribution is -2.28. The molecule has 0 unspecified atom stereocenters. The van der Waals surface area contributed by atoms with Gasteiger partial charge in [0.25, 0.3) is 0 Å². The van der Waals surface area contributed by atoms with Crippen LogP contribution >= 0.6 is 0 Å². The molecule has 1 aromatic carbocycles. The Morgan fingerprint density at radius 1 is 1.41 bits per heavy atom. The van der Waals surface area contributed by atoms with Gasteiger partial charge < -0.3 is 14.8 Å². The quantitative estimate of drug-likeness (QED) is 0.864. The zero-order valence-electron chi connectivity index (χ0n) is 10.2. The predicted molar refractivity (Wildman–Crippen MR) is 64.1 cm³/mol. The molecule has 0 aromatic heterocycles. The summed E-state index contributed by atoms with van der Waals surface area (Å²) in [5, 5.41) is 2.89. The van der Waals surface area contributed by atoms with E-state index in [4.69, 9.17) is 9.47 Å². The molecule has 0 saturated heterocycles. The third-order valence-electron chi connectivity index (χ3n) is 2.54. The summed E-state index contributed by atoms with van der Waals surface area (Å²) < 4.78 is 10.6. The van der Waals surface area contributed by atoms with Crippen molar-refractivity contribution < 1.29 is 14.3 Å². The van der Waals surface area contributed by atoms with E-state index in [-0.39, 0.29) is 12.7 Å². The van der Waals surface area contributed by atoms with Crippen molar-refractivity contribution in [3.63, 3.8) is 0 Å². The van der Waals surface area contributed by atoms with Gasteiger partial charge in [-0.1, -0.05) is 26.0 Å². The maximum absolute atomic E-state index is 11.7. The van der Waals surface area contributed by atoms with Gasteiger partial charge in [0.15, 0.2) is 11.5 Å². The largest absolute Gasteiger partial charge is 0.454 e. The van der Waals surface area contributed by atoms with E-state index in [1.165, 1.54) is 0 Å². The molecule has 0 aliphatic carbocycles. The van der Waals surface area contributed by atoms with Crippen LogP contribution in [0, 0.1) is 5.92 Å². The van der Waals surface area contributed by atoms with Crippen molar-refractivity contribution in [2.45, 2.75) is 20.3 Å². The van der Waals surface area contributed by atoms with Crippen LogP contribution in [0.3, 0.4) is 0 Å². The van der Waals surface area contributed by atoms with E-state index in [0.29, 0.717) is 24.6 Å². The van der Waals surface area contributed by atoms with E-state index >= 15 is 0 Å². The van der Waals surface area contributed by atoms with Crippen molar-refractivity contribution in [2.24, 2.45) is 5.92 Å². The first kappa shape index (κ1) is 11.8. The van der Waals surface area contributed by atoms with Crippen LogP contribution in [0.2, 0.25) is 0 Å². The van der Waals surface area contributed by atoms with Crippen LogP contribution in [0.25, 0.3) is 0 Å². The average molecular weight is 235 g/mol. The minimum Gasteiger partial charge on any atom is -0.454 e. The Morgan fingerprint density at radius 3 is 3.00 bits per heavy atom. The average Bonchev–Trinajstić information content (AvgIpc) is 2.75. The molecule has 0 saturated carbocycles. The number of hydrogen-bond acceptors (Lipinski definition) is 3. The summed E-state index contributed by atoms with van der Waals surface area (Å²) in [6.07, 6.45) is 0.333. The number of carbonyl (C=O) groups is 1. The second kappa shape index (κ2) is 5.08. The number of nitrogens with one attached hydrogen (secondary N) is 1. The molecule has 0 fully saturated rings. The topological polar surface area (TPSA) is 47.6 Å². The SMILES string of the molecule is CC(C)CNC(=O)Cc1cccc2c1OCO2. The molecule has 0 radical (unpaired) electrons. The standard InChI is InChI=1S/C13H17NO3/c1-9(2)7-14-12(15)6-10-4-3-5-11-13(10)17-8-16-11/h3-5,9H,6-8H2,1-2H3,(H,14,15). The number of benzene rings is 1. The highest BCUT2D eigenvalue weighted by molar-refractivity contribution is 5.79. The van der Waals surface area contributed by atoms with Gasteiger partial charge in [-0.25, -0.2) is 0 Å². The number of amides is 1. The fourth-order valence-electron chi connectivity index (χ4n) is 1.68. The minimum atomic E-state index is 0.0163. The number of ether oxygens (including phenoxy) is 2. The molecule has 1 aromatic rings. The van der Waals surface area contributed by atoms with E-state index in [0.717, 1.165) is 11.3 Å². The molecule has 0 atom stereocenters. The van der Waals surface area contributed by atoms with Gasteiger partial charge in [-0.05, 0) is 12.0 Å². The summed E-state index contributed by atoms with van der Waals surface area (Å²) in [7, 11) is 0. The first-order valence-electron chi connectivity index (χ1n) is 5.81. The summed E-state index contributed by atoms with van der Waals surface area (Å²) in [6, 6.07) is 5.61. The summed E-state index contributed by atoms with van der Waals surface area (Å²) in [4.78, 5) is 11.7. The van der Waals surface area contributed by atoms with Gasteiger partial charge in [0, 0.05) is 12.1 Å². The van der Waals surface area contributed by atoms with E-state index in [1.54, 1.807) is 0 Å². The molecule has 1 heterocycles. The summed E-state index contributed by atoms with van der Waals surface area (Å²) in [5.74, 6) is 1.90. The maximum Gasteiger partial charge on any atom is 0.231 e. The zero-order chi connectivity index (χ0) is 12.3. The molecule has 4 heteroatoms. The molecule has 1 aliphatic rings. The van der Waals surface area contributed by atoms with Gasteiger partial charge >= 0.3 is 0 Å². The smallest absolute Gasteiger partial charge is 0.231 e. The molecule has 92 valence electrons. The lowest BCUT2D eigenvalue weighted by atomic mass is 10.1. The number of hydrogen-bond donors (Lipinski definition) is 1. The maximum atomic E-state index is 11.7. The molecular formula is C13H17NO3. The van der Waals surface area contributed by atoms with Crippen LogP contribution < -0.4 is 14.8 Å². The lowest BCUT2D eigenvalue weighted by Gasteiger charge is -2.08. The number of carbonyl (C=O) groups excluding carboxylic acids is 1. The van der Waals surface area contributed by atoms with Crippen LogP contribution in [-0.2, 0) is 11.2 Å². The van der Waals surface area contributed by atoms with Crippen LogP contribution in [0.1, 0.15) is 19.4 Å². The second-order valence-electron chi connectivity index (χ2n) is 4.53. The Hall–Kier alpha value is -1.71. The Kier molecular flexibility index (Phi) is 3.52. The van der Waals surface area contributed by atoms with Crippen molar-refractivity contribution in [3.8, 4) is 11.5 Å². The first-order valence-corrected chi connectivity index (χ1v) is 5.81. The Bertz CT molecular complexity index is 415. The fourth-order valence-corrected chi connectivity index (χ4v) is 1.68. The number of rotatable bonds is 4. The molecule has 0 spiro atoms. The third-order valence-corrected chi connectivity index (χ3v) is 2.54. The normalized spacial score (nSPS) is 12.9. The molecular weight excluding hydrogens is 218 g/mol. The van der Waals surface area contributed by atoms with Gasteiger partial charge in [0.1, 0.15) is 0 Å². The van der Waals surface area contributed by atoms with Gasteiger partial charge in [-0.15, -0.1) is 0 Å². The molecule has 4 nitrogen and oxygen atoms in total. The van der Waals surface area contributed by atoms with Gasteiger partial charge in [0.05, 0.1) is 6.42 Å². The first-order chi connectivity index (χ1) is 8.16. The monoisotopic (exact) mass is 235 g/mol. The highest BCUT2D eigenvalue weighted by Crippen LogP contribution is 2.35. The highest BCUT2D eigenvalue weighted by atomic mass is 16.7. The zero-order valence-corrected chi connectivity index (χ0v) is 10.2. The van der Waals surface area contributed by atoms with Crippen molar-refractivity contribution in [2.75, 3.05) is 13.3 Å². The number of para-hydroxylation sites is 1. The summed E-state index contributed by atoms with van der Waals surface area (Å²) in [6.45, 7) is 5.07. The lowest BCUT2D eigenvalue weighted by molar-refractivity contribution is -0.120. The van der Waals surface area contributed by atoms with Crippen LogP contribution in [0.5, 0.6) is 11.5 Å². The van der Waals surface area contributed by atoms with Gasteiger partial charge in [-0.2, -0.15) is 0 Å². The molecule has 17 heavy (non-hydrogen) atoms. The molecule has 1 amide bonds. The fraction of sp³-hybridized carbons (Fsp3) is 0.462. The van der Waals surface area contributed by atoms with Crippen molar-refractivity contribution in [1.82, 2.24) is 5.32 Å². The third kappa shape index (κ3) is 2.90. The van der Waals surface area contributed by atoms with Gasteiger partial charge in [-0.3, -0.25) is 4.79 Å². The van der Waals surface area contributed by atoms with E-state index in [1.807, 2.05) is 18.2 Å². The van der Waals surface area contributed by atoms with Crippen LogP contribution in [-0.4, -0.2) is 19.2 Å². The predicted octanol–water partition coefficient (Wildman–Crippen LogP) is 1.73. The van der Waals surface area contributed by atoms with Crippen LogP contribution in [0.15, 0.2) is 18.2 Å². The molecule has 0 bridgehead atoms. The van der Waals surface area contributed by atoms with Crippen molar-refractivity contribution >= 4 is 5.91 Å². The molecule has 1 N–H and O–H groups in total. The van der Waals surface area contributed by atoms with Crippen LogP contribution in [0.4, 0.5) is 0 Å². The van der Waals surface area contributed by atoms with E-state index < -0.39 is 0 Å². The number of fused-ring (bicyclic) bond motifs is 1. The highest BCUT2D eigenvalue weighted by Gasteiger charge is 2.18. The van der Waals surface area contributed by atoms with Gasteiger partial charge in [0.2, 0.25) is 12.7 Å². The summed E-state index contributed by atoms with van der Waals surface area (Å²) in [5.41, 5.74) is 0.876.